The largest absolute Gasteiger partial charge is 0.288 e. The predicted molar refractivity (Wildman–Crippen MR) is 67.0 cm³/mol. The van der Waals surface area contributed by atoms with Crippen LogP contribution in [0.4, 0.5) is 0 Å². The smallest absolute Gasteiger partial charge is 0.212 e. The van der Waals surface area contributed by atoms with Gasteiger partial charge >= 0.3 is 0 Å². The Balaban J connectivity index is 2.31. The molecule has 3 heteroatoms. The third-order valence-electron chi connectivity index (χ3n) is 3.16. The highest BCUT2D eigenvalue weighted by atomic mass is 16.1. The number of pyridine rings is 1. The van der Waals surface area contributed by atoms with Crippen LogP contribution in [0.2, 0.25) is 0 Å². The van der Waals surface area contributed by atoms with E-state index in [1.54, 1.807) is 24.3 Å². The second-order valence-electron chi connectivity index (χ2n) is 4.56. The van der Waals surface area contributed by atoms with Gasteiger partial charge in [-0.25, -0.2) is 4.98 Å². The first-order valence-corrected chi connectivity index (χ1v) is 5.75. The number of hydrogen-bond acceptors (Lipinski definition) is 3. The van der Waals surface area contributed by atoms with E-state index in [2.05, 4.69) is 4.98 Å². The van der Waals surface area contributed by atoms with Crippen LogP contribution in [-0.4, -0.2) is 16.6 Å². The van der Waals surface area contributed by atoms with E-state index >= 15 is 0 Å². The van der Waals surface area contributed by atoms with Gasteiger partial charge in [-0.05, 0) is 38.1 Å². The van der Waals surface area contributed by atoms with E-state index in [0.29, 0.717) is 16.7 Å². The molecule has 0 fully saturated rings. The van der Waals surface area contributed by atoms with E-state index < -0.39 is 0 Å². The van der Waals surface area contributed by atoms with Gasteiger partial charge in [0.2, 0.25) is 5.78 Å². The van der Waals surface area contributed by atoms with Crippen LogP contribution >= 0.6 is 0 Å². The van der Waals surface area contributed by atoms with E-state index in [1.165, 1.54) is 0 Å². The van der Waals surface area contributed by atoms with Gasteiger partial charge in [0, 0.05) is 16.8 Å². The molecule has 18 heavy (non-hydrogen) atoms. The monoisotopic (exact) mass is 237 g/mol. The topological polar surface area (TPSA) is 47.0 Å². The summed E-state index contributed by atoms with van der Waals surface area (Å²) in [4.78, 5) is 28.8. The second kappa shape index (κ2) is 3.60. The summed E-state index contributed by atoms with van der Waals surface area (Å²) in [6.07, 6.45) is 0. The summed E-state index contributed by atoms with van der Waals surface area (Å²) in [5.41, 5.74) is 3.33. The fourth-order valence-electron chi connectivity index (χ4n) is 2.23. The number of fused-ring (bicyclic) bond motifs is 2. The molecule has 0 N–H and O–H groups in total. The maximum absolute atomic E-state index is 12.3. The van der Waals surface area contributed by atoms with Crippen LogP contribution in [0.25, 0.3) is 0 Å². The van der Waals surface area contributed by atoms with E-state index in [-0.39, 0.29) is 17.3 Å². The molecule has 0 aliphatic heterocycles. The van der Waals surface area contributed by atoms with Gasteiger partial charge in [-0.15, -0.1) is 0 Å². The maximum atomic E-state index is 12.3. The lowest BCUT2D eigenvalue weighted by molar-refractivity contribution is 0.0975. The van der Waals surface area contributed by atoms with Gasteiger partial charge in [0.25, 0.3) is 0 Å². The zero-order chi connectivity index (χ0) is 12.9. The number of aromatic nitrogens is 1. The highest BCUT2D eigenvalue weighted by molar-refractivity contribution is 6.27. The number of nitrogens with zero attached hydrogens (tertiary/aromatic N) is 1. The molecule has 88 valence electrons. The normalized spacial score (nSPS) is 13.2. The van der Waals surface area contributed by atoms with Crippen molar-refractivity contribution < 1.29 is 9.59 Å². The van der Waals surface area contributed by atoms with Gasteiger partial charge in [-0.1, -0.05) is 11.6 Å². The molecular weight excluding hydrogens is 226 g/mol. The Morgan fingerprint density at radius 3 is 2.33 bits per heavy atom. The summed E-state index contributed by atoms with van der Waals surface area (Å²) in [6, 6.07) is 8.75. The molecule has 0 radical (unpaired) electrons. The van der Waals surface area contributed by atoms with Gasteiger partial charge in [0.05, 0.1) is 5.56 Å². The van der Waals surface area contributed by atoms with Crippen LogP contribution in [0.15, 0.2) is 30.3 Å². The number of aryl methyl sites for hydroxylation is 2. The van der Waals surface area contributed by atoms with Gasteiger partial charge < -0.3 is 0 Å². The van der Waals surface area contributed by atoms with Crippen LogP contribution < -0.4 is 0 Å². The van der Waals surface area contributed by atoms with Gasteiger partial charge in [0.15, 0.2) is 5.78 Å². The molecule has 2 aromatic rings. The van der Waals surface area contributed by atoms with E-state index in [1.807, 2.05) is 19.9 Å². The molecular formula is C15H11NO2. The van der Waals surface area contributed by atoms with Crippen LogP contribution in [-0.2, 0) is 0 Å². The molecule has 0 saturated carbocycles. The van der Waals surface area contributed by atoms with Crippen molar-refractivity contribution in [3.8, 4) is 0 Å². The highest BCUT2D eigenvalue weighted by Crippen LogP contribution is 2.26. The average Bonchev–Trinajstić information content (AvgIpc) is 2.36. The van der Waals surface area contributed by atoms with Gasteiger partial charge in [-0.2, -0.15) is 0 Å². The zero-order valence-electron chi connectivity index (χ0n) is 10.2. The Morgan fingerprint density at radius 2 is 1.56 bits per heavy atom. The molecule has 0 amide bonds. The Kier molecular flexibility index (Phi) is 2.17. The fourth-order valence-corrected chi connectivity index (χ4v) is 2.23. The number of benzene rings is 1. The van der Waals surface area contributed by atoms with Gasteiger partial charge in [0.1, 0.15) is 5.69 Å². The standard InChI is InChI=1S/C15H11NO2/c1-8-3-5-10-12(7-8)14(17)11-6-4-9(2)16-13(11)15(10)18/h3-7H,1-2H3. The quantitative estimate of drug-likeness (QED) is 0.603. The molecule has 1 aromatic carbocycles. The first-order chi connectivity index (χ1) is 8.58. The van der Waals surface area contributed by atoms with E-state index in [0.717, 1.165) is 11.3 Å². The number of carbonyl (C=O) groups excluding carboxylic acids is 2. The molecule has 1 aliphatic rings. The fraction of sp³-hybridized carbons (Fsp3) is 0.133. The van der Waals surface area contributed by atoms with E-state index in [4.69, 9.17) is 0 Å². The molecule has 3 nitrogen and oxygen atoms in total. The minimum Gasteiger partial charge on any atom is -0.288 e. The molecule has 0 saturated heterocycles. The number of rotatable bonds is 0. The first-order valence-electron chi connectivity index (χ1n) is 5.75. The molecule has 0 bridgehead atoms. The van der Waals surface area contributed by atoms with Crippen molar-refractivity contribution in [3.63, 3.8) is 0 Å². The van der Waals surface area contributed by atoms with Crippen molar-refractivity contribution >= 4 is 11.6 Å². The van der Waals surface area contributed by atoms with Crippen molar-refractivity contribution in [1.82, 2.24) is 4.98 Å². The molecule has 0 spiro atoms. The van der Waals surface area contributed by atoms with Crippen molar-refractivity contribution in [2.75, 3.05) is 0 Å². The number of hydrogen-bond donors (Lipinski definition) is 0. The van der Waals surface area contributed by atoms with E-state index in [9.17, 15) is 9.59 Å². The Labute approximate surface area is 104 Å². The van der Waals surface area contributed by atoms with Crippen LogP contribution in [0.3, 0.4) is 0 Å². The second-order valence-corrected chi connectivity index (χ2v) is 4.56. The lowest BCUT2D eigenvalue weighted by Gasteiger charge is -2.17. The Hall–Kier alpha value is -2.29. The molecule has 1 aromatic heterocycles. The average molecular weight is 237 g/mol. The molecule has 0 atom stereocenters. The third kappa shape index (κ3) is 1.40. The summed E-state index contributed by atoms with van der Waals surface area (Å²) in [6.45, 7) is 3.71. The van der Waals surface area contributed by atoms with Crippen molar-refractivity contribution in [2.45, 2.75) is 13.8 Å². The van der Waals surface area contributed by atoms with Crippen molar-refractivity contribution in [1.29, 1.82) is 0 Å². The van der Waals surface area contributed by atoms with Crippen molar-refractivity contribution in [2.24, 2.45) is 0 Å². The minimum absolute atomic E-state index is 0.115. The summed E-state index contributed by atoms with van der Waals surface area (Å²) in [5, 5.41) is 0. The third-order valence-corrected chi connectivity index (χ3v) is 3.16. The molecule has 3 rings (SSSR count). The maximum Gasteiger partial charge on any atom is 0.212 e. The van der Waals surface area contributed by atoms with Crippen LogP contribution in [0.5, 0.6) is 0 Å². The van der Waals surface area contributed by atoms with Crippen LogP contribution in [0, 0.1) is 13.8 Å². The summed E-state index contributed by atoms with van der Waals surface area (Å²) in [5.74, 6) is -0.279. The number of ketones is 2. The first kappa shape index (κ1) is 10.8. The Bertz CT molecular complexity index is 640. The molecule has 1 heterocycles. The SMILES string of the molecule is Cc1ccc2c(c1)C(=O)c1ccc(C)nc1C2=O. The lowest BCUT2D eigenvalue weighted by atomic mass is 9.86. The molecule has 1 aliphatic carbocycles. The summed E-state index contributed by atoms with van der Waals surface area (Å²) >= 11 is 0. The Morgan fingerprint density at radius 1 is 0.833 bits per heavy atom. The van der Waals surface area contributed by atoms with Crippen LogP contribution in [0.1, 0.15) is 43.2 Å². The molecule has 0 unspecified atom stereocenters. The highest BCUT2D eigenvalue weighted by Gasteiger charge is 2.30. The van der Waals surface area contributed by atoms with Gasteiger partial charge in [-0.3, -0.25) is 9.59 Å². The lowest BCUT2D eigenvalue weighted by Crippen LogP contribution is -2.22. The van der Waals surface area contributed by atoms with Crippen molar-refractivity contribution in [3.05, 3.63) is 64.0 Å². The summed E-state index contributed by atoms with van der Waals surface area (Å²) in [7, 11) is 0. The summed E-state index contributed by atoms with van der Waals surface area (Å²) < 4.78 is 0. The zero-order valence-corrected chi connectivity index (χ0v) is 10.2. The predicted octanol–water partition coefficient (Wildman–Crippen LogP) is 2.47. The minimum atomic E-state index is -0.164. The number of carbonyl (C=O) groups is 2.